The number of fused-ring (bicyclic) bond motifs is 1. The molecular weight excluding hydrogens is 248 g/mol. The molecule has 1 amide bonds. The lowest BCUT2D eigenvalue weighted by molar-refractivity contribution is 0.0695. The van der Waals surface area contributed by atoms with E-state index in [1.165, 1.54) is 30.4 Å². The minimum absolute atomic E-state index is 0.210. The number of amides is 1. The molecule has 1 aliphatic heterocycles. The lowest BCUT2D eigenvalue weighted by Crippen LogP contribution is -2.47. The number of likely N-dealkylation sites (N-methyl/N-ethyl adjacent to an activating group) is 1. The quantitative estimate of drug-likeness (QED) is 0.916. The first-order valence-corrected chi connectivity index (χ1v) is 7.92. The summed E-state index contributed by atoms with van der Waals surface area (Å²) in [5.74, 6) is 0.210. The largest absolute Gasteiger partial charge is 0.337 e. The third kappa shape index (κ3) is 2.73. The normalized spacial score (nSPS) is 21.9. The fourth-order valence-corrected chi connectivity index (χ4v) is 3.50. The molecule has 1 aromatic carbocycles. The van der Waals surface area contributed by atoms with Crippen molar-refractivity contribution in [1.29, 1.82) is 0 Å². The van der Waals surface area contributed by atoms with E-state index in [1.807, 2.05) is 11.0 Å². The Kier molecular flexibility index (Phi) is 4.06. The Morgan fingerprint density at radius 3 is 3.00 bits per heavy atom. The van der Waals surface area contributed by atoms with E-state index in [9.17, 15) is 4.79 Å². The van der Waals surface area contributed by atoms with Crippen LogP contribution in [0.25, 0.3) is 0 Å². The zero-order valence-corrected chi connectivity index (χ0v) is 12.3. The number of likely N-dealkylation sites (tertiary alicyclic amines) is 1. The van der Waals surface area contributed by atoms with Crippen LogP contribution in [0.1, 0.15) is 47.7 Å². The van der Waals surface area contributed by atoms with Gasteiger partial charge in [0.15, 0.2) is 0 Å². The number of hydrogen-bond acceptors (Lipinski definition) is 2. The maximum atomic E-state index is 12.6. The minimum Gasteiger partial charge on any atom is -0.337 e. The summed E-state index contributed by atoms with van der Waals surface area (Å²) >= 11 is 0. The number of benzene rings is 1. The predicted molar refractivity (Wildman–Crippen MR) is 81.1 cm³/mol. The van der Waals surface area contributed by atoms with E-state index in [-0.39, 0.29) is 5.91 Å². The van der Waals surface area contributed by atoms with Crippen LogP contribution in [0, 0.1) is 0 Å². The Bertz CT molecular complexity index is 496. The van der Waals surface area contributed by atoms with Gasteiger partial charge >= 0.3 is 0 Å². The Labute approximate surface area is 121 Å². The number of carbonyl (C=O) groups is 1. The molecule has 3 rings (SSSR count). The van der Waals surface area contributed by atoms with E-state index in [1.54, 1.807) is 0 Å². The van der Waals surface area contributed by atoms with Crippen molar-refractivity contribution in [2.24, 2.45) is 0 Å². The molecule has 0 saturated carbocycles. The summed E-state index contributed by atoms with van der Waals surface area (Å²) in [4.78, 5) is 14.7. The number of nitrogens with zero attached hydrogens (tertiary/aromatic N) is 1. The van der Waals surface area contributed by atoms with Crippen molar-refractivity contribution in [2.75, 3.05) is 19.6 Å². The first-order valence-electron chi connectivity index (χ1n) is 7.92. The zero-order valence-electron chi connectivity index (χ0n) is 12.3. The van der Waals surface area contributed by atoms with E-state index in [0.29, 0.717) is 6.04 Å². The molecule has 1 atom stereocenters. The molecule has 108 valence electrons. The first-order chi connectivity index (χ1) is 9.78. The highest BCUT2D eigenvalue weighted by Gasteiger charge is 2.24. The van der Waals surface area contributed by atoms with E-state index in [0.717, 1.165) is 38.0 Å². The lowest BCUT2D eigenvalue weighted by atomic mass is 10.0. The van der Waals surface area contributed by atoms with E-state index < -0.39 is 0 Å². The molecule has 1 heterocycles. The molecule has 1 aromatic rings. The number of carbonyl (C=O) groups excluding carboxylic acids is 1. The van der Waals surface area contributed by atoms with Gasteiger partial charge in [-0.05, 0) is 61.9 Å². The molecule has 20 heavy (non-hydrogen) atoms. The molecule has 0 radical (unpaired) electrons. The number of aryl methyl sites for hydroxylation is 2. The van der Waals surface area contributed by atoms with Crippen LogP contribution in [-0.4, -0.2) is 36.5 Å². The van der Waals surface area contributed by atoms with Gasteiger partial charge in [0.1, 0.15) is 0 Å². The van der Waals surface area contributed by atoms with Gasteiger partial charge in [0.2, 0.25) is 0 Å². The van der Waals surface area contributed by atoms with Crippen LogP contribution in [0.4, 0.5) is 0 Å². The fraction of sp³-hybridized carbons (Fsp3) is 0.588. The standard InChI is InChI=1S/C17H24N2O/c1-2-18-16-7-4-10-19(12-16)17(20)15-9-8-13-5-3-6-14(13)11-15/h8-9,11,16,18H,2-7,10,12H2,1H3. The second-order valence-electron chi connectivity index (χ2n) is 5.99. The Balaban J connectivity index is 1.72. The summed E-state index contributed by atoms with van der Waals surface area (Å²) in [7, 11) is 0. The van der Waals surface area contributed by atoms with Gasteiger partial charge in [-0.2, -0.15) is 0 Å². The van der Waals surface area contributed by atoms with Gasteiger partial charge in [0.05, 0.1) is 0 Å². The summed E-state index contributed by atoms with van der Waals surface area (Å²) in [5, 5.41) is 3.47. The smallest absolute Gasteiger partial charge is 0.253 e. The Morgan fingerprint density at radius 1 is 1.30 bits per heavy atom. The van der Waals surface area contributed by atoms with Crippen molar-refractivity contribution in [3.63, 3.8) is 0 Å². The molecule has 0 aromatic heterocycles. The maximum absolute atomic E-state index is 12.6. The molecule has 0 spiro atoms. The van der Waals surface area contributed by atoms with Crippen LogP contribution >= 0.6 is 0 Å². The molecule has 3 heteroatoms. The van der Waals surface area contributed by atoms with Crippen LogP contribution in [0.3, 0.4) is 0 Å². The minimum atomic E-state index is 0.210. The molecule has 3 nitrogen and oxygen atoms in total. The van der Waals surface area contributed by atoms with Crippen molar-refractivity contribution < 1.29 is 4.79 Å². The SMILES string of the molecule is CCNC1CCCN(C(=O)c2ccc3c(c2)CCC3)C1. The zero-order chi connectivity index (χ0) is 13.9. The second-order valence-corrected chi connectivity index (χ2v) is 5.99. The maximum Gasteiger partial charge on any atom is 0.253 e. The summed E-state index contributed by atoms with van der Waals surface area (Å²) in [5.41, 5.74) is 3.70. The van der Waals surface area contributed by atoms with Crippen molar-refractivity contribution in [3.8, 4) is 0 Å². The lowest BCUT2D eigenvalue weighted by Gasteiger charge is -2.33. The molecule has 1 unspecified atom stereocenters. The molecule has 1 saturated heterocycles. The van der Waals surface area contributed by atoms with Gasteiger partial charge in [-0.3, -0.25) is 4.79 Å². The molecule has 1 N–H and O–H groups in total. The van der Waals surface area contributed by atoms with E-state index in [4.69, 9.17) is 0 Å². The first kappa shape index (κ1) is 13.6. The van der Waals surface area contributed by atoms with Gasteiger partial charge in [-0.15, -0.1) is 0 Å². The molecule has 2 aliphatic rings. The number of hydrogen-bond donors (Lipinski definition) is 1. The highest BCUT2D eigenvalue weighted by atomic mass is 16.2. The van der Waals surface area contributed by atoms with Crippen molar-refractivity contribution in [2.45, 2.75) is 45.1 Å². The van der Waals surface area contributed by atoms with Gasteiger partial charge in [0.25, 0.3) is 5.91 Å². The summed E-state index contributed by atoms with van der Waals surface area (Å²) < 4.78 is 0. The topological polar surface area (TPSA) is 32.3 Å². The summed E-state index contributed by atoms with van der Waals surface area (Å²) in [6.07, 6.45) is 5.84. The van der Waals surface area contributed by atoms with E-state index in [2.05, 4.69) is 24.4 Å². The van der Waals surface area contributed by atoms with Crippen LogP contribution in [0.5, 0.6) is 0 Å². The average molecular weight is 272 g/mol. The molecular formula is C17H24N2O. The van der Waals surface area contributed by atoms with Gasteiger partial charge < -0.3 is 10.2 Å². The van der Waals surface area contributed by atoms with Gasteiger partial charge in [-0.1, -0.05) is 13.0 Å². The number of nitrogens with one attached hydrogen (secondary N) is 1. The summed E-state index contributed by atoms with van der Waals surface area (Å²) in [6.45, 7) is 4.86. The Hall–Kier alpha value is -1.35. The monoisotopic (exact) mass is 272 g/mol. The molecule has 1 fully saturated rings. The molecule has 1 aliphatic carbocycles. The van der Waals surface area contributed by atoms with Crippen LogP contribution in [0.2, 0.25) is 0 Å². The number of piperidine rings is 1. The van der Waals surface area contributed by atoms with Crippen LogP contribution in [0.15, 0.2) is 18.2 Å². The summed E-state index contributed by atoms with van der Waals surface area (Å²) in [6, 6.07) is 6.76. The van der Waals surface area contributed by atoms with Crippen molar-refractivity contribution >= 4 is 5.91 Å². The average Bonchev–Trinajstić information content (AvgIpc) is 2.94. The third-order valence-electron chi connectivity index (χ3n) is 4.55. The predicted octanol–water partition coefficient (Wildman–Crippen LogP) is 2.39. The second kappa shape index (κ2) is 5.96. The highest BCUT2D eigenvalue weighted by molar-refractivity contribution is 5.94. The van der Waals surface area contributed by atoms with Crippen LogP contribution in [-0.2, 0) is 12.8 Å². The van der Waals surface area contributed by atoms with Gasteiger partial charge in [0, 0.05) is 24.7 Å². The molecule has 0 bridgehead atoms. The van der Waals surface area contributed by atoms with E-state index >= 15 is 0 Å². The van der Waals surface area contributed by atoms with Gasteiger partial charge in [-0.25, -0.2) is 0 Å². The van der Waals surface area contributed by atoms with Crippen molar-refractivity contribution in [1.82, 2.24) is 10.2 Å². The van der Waals surface area contributed by atoms with Crippen molar-refractivity contribution in [3.05, 3.63) is 34.9 Å². The third-order valence-corrected chi connectivity index (χ3v) is 4.55. The fourth-order valence-electron chi connectivity index (χ4n) is 3.50. The Morgan fingerprint density at radius 2 is 2.15 bits per heavy atom. The highest BCUT2D eigenvalue weighted by Crippen LogP contribution is 2.24. The van der Waals surface area contributed by atoms with Crippen LogP contribution < -0.4 is 5.32 Å². The number of rotatable bonds is 3.